The maximum Gasteiger partial charge on any atom is 0.289 e. The van der Waals surface area contributed by atoms with E-state index in [-0.39, 0.29) is 11.7 Å². The van der Waals surface area contributed by atoms with Crippen LogP contribution >= 0.6 is 0 Å². The summed E-state index contributed by atoms with van der Waals surface area (Å²) in [6, 6.07) is 28.1. The lowest BCUT2D eigenvalue weighted by Gasteiger charge is -2.41. The van der Waals surface area contributed by atoms with Crippen molar-refractivity contribution in [1.29, 1.82) is 0 Å². The third kappa shape index (κ3) is 1.81. The predicted molar refractivity (Wildman–Crippen MR) is 103 cm³/mol. The molecule has 1 aliphatic carbocycles. The number of hydrogen-bond donors (Lipinski definition) is 1. The fourth-order valence-electron chi connectivity index (χ4n) is 5.20. The first kappa shape index (κ1) is 16.0. The van der Waals surface area contributed by atoms with Gasteiger partial charge in [-0.05, 0) is 29.2 Å². The van der Waals surface area contributed by atoms with E-state index >= 15 is 0 Å². The lowest BCUT2D eigenvalue weighted by atomic mass is 9.63. The Balaban J connectivity index is 1.92. The van der Waals surface area contributed by atoms with Gasteiger partial charge in [-0.3, -0.25) is 9.59 Å². The maximum atomic E-state index is 13.2. The molecule has 3 aromatic rings. The Labute approximate surface area is 158 Å². The summed E-state index contributed by atoms with van der Waals surface area (Å²) in [7, 11) is 0. The predicted octanol–water partition coefficient (Wildman–Crippen LogP) is 3.68. The van der Waals surface area contributed by atoms with E-state index in [0.29, 0.717) is 0 Å². The molecule has 0 saturated carbocycles. The van der Waals surface area contributed by atoms with Gasteiger partial charge in [0.25, 0.3) is 5.91 Å². The van der Waals surface area contributed by atoms with Crippen molar-refractivity contribution in [3.05, 3.63) is 107 Å². The zero-order chi connectivity index (χ0) is 18.6. The van der Waals surface area contributed by atoms with Crippen LogP contribution in [0.25, 0.3) is 0 Å². The summed E-state index contributed by atoms with van der Waals surface area (Å²) >= 11 is 0. The molecule has 1 fully saturated rings. The second kappa shape index (κ2) is 5.40. The number of fused-ring (bicyclic) bond motifs is 3. The van der Waals surface area contributed by atoms with Crippen molar-refractivity contribution in [3.63, 3.8) is 0 Å². The van der Waals surface area contributed by atoms with Crippen LogP contribution < -0.4 is 5.32 Å². The van der Waals surface area contributed by atoms with Gasteiger partial charge in [-0.2, -0.15) is 0 Å². The number of ketones is 1. The Morgan fingerprint density at radius 2 is 1.37 bits per heavy atom. The van der Waals surface area contributed by atoms with Crippen LogP contribution in [0.5, 0.6) is 0 Å². The topological polar surface area (TPSA) is 46.2 Å². The second-order valence-corrected chi connectivity index (χ2v) is 7.51. The Morgan fingerprint density at radius 1 is 0.778 bits per heavy atom. The molecule has 3 atom stereocenters. The van der Waals surface area contributed by atoms with Crippen LogP contribution in [0.4, 0.5) is 0 Å². The summed E-state index contributed by atoms with van der Waals surface area (Å²) in [5.74, 6) is -1.01. The normalized spacial score (nSPS) is 28.6. The number of Topliss-reactive ketones (excluding diaryl/α,β-unsaturated/α-hetero) is 1. The summed E-state index contributed by atoms with van der Waals surface area (Å²) in [6.07, 6.45) is 0. The van der Waals surface area contributed by atoms with Crippen molar-refractivity contribution in [2.45, 2.75) is 23.8 Å². The molecule has 132 valence electrons. The lowest BCUT2D eigenvalue weighted by Crippen LogP contribution is -2.52. The number of carbonyl (C=O) groups is 2. The molecule has 1 heterocycles. The second-order valence-electron chi connectivity index (χ2n) is 7.51. The van der Waals surface area contributed by atoms with E-state index in [1.165, 1.54) is 0 Å². The first-order valence-corrected chi connectivity index (χ1v) is 9.17. The summed E-state index contributed by atoms with van der Waals surface area (Å²) in [4.78, 5) is 25.9. The zero-order valence-electron chi connectivity index (χ0n) is 15.0. The maximum absolute atomic E-state index is 13.2. The average molecular weight is 353 g/mol. The fraction of sp³-hybridized carbons (Fsp3) is 0.167. The molecule has 27 heavy (non-hydrogen) atoms. The molecule has 3 heteroatoms. The van der Waals surface area contributed by atoms with Gasteiger partial charge < -0.3 is 5.32 Å². The van der Waals surface area contributed by atoms with E-state index in [1.807, 2.05) is 73.7 Å². The van der Waals surface area contributed by atoms with E-state index < -0.39 is 16.9 Å². The molecule has 0 bridgehead atoms. The summed E-state index contributed by atoms with van der Waals surface area (Å²) in [6.45, 7) is 1.92. The molecular weight excluding hydrogens is 334 g/mol. The van der Waals surface area contributed by atoms with E-state index in [2.05, 4.69) is 23.5 Å². The number of rotatable bonds is 2. The van der Waals surface area contributed by atoms with Crippen LogP contribution in [0.3, 0.4) is 0 Å². The average Bonchev–Trinajstić information content (AvgIpc) is 3.07. The third-order valence-corrected chi connectivity index (χ3v) is 6.37. The zero-order valence-corrected chi connectivity index (χ0v) is 15.0. The first-order chi connectivity index (χ1) is 13.1. The van der Waals surface area contributed by atoms with Gasteiger partial charge >= 0.3 is 0 Å². The van der Waals surface area contributed by atoms with Gasteiger partial charge in [0.2, 0.25) is 5.78 Å². The quantitative estimate of drug-likeness (QED) is 0.715. The van der Waals surface area contributed by atoms with Crippen LogP contribution in [0.15, 0.2) is 84.9 Å². The van der Waals surface area contributed by atoms with Crippen LogP contribution in [0.2, 0.25) is 0 Å². The SMILES string of the molecule is CC12C(=O)C(=O)NC1(c1ccccc1)C(c1ccccc1)c1ccccc12. The Hall–Kier alpha value is -3.20. The number of hydrogen-bond acceptors (Lipinski definition) is 2. The summed E-state index contributed by atoms with van der Waals surface area (Å²) in [5, 5.41) is 3.14. The highest BCUT2D eigenvalue weighted by Crippen LogP contribution is 2.63. The molecule has 3 unspecified atom stereocenters. The highest BCUT2D eigenvalue weighted by molar-refractivity contribution is 6.43. The molecule has 0 spiro atoms. The van der Waals surface area contributed by atoms with Crippen molar-refractivity contribution < 1.29 is 9.59 Å². The highest BCUT2D eigenvalue weighted by Gasteiger charge is 2.71. The fourth-order valence-corrected chi connectivity index (χ4v) is 5.20. The van der Waals surface area contributed by atoms with Crippen molar-refractivity contribution in [2.75, 3.05) is 0 Å². The molecule has 1 aliphatic heterocycles. The van der Waals surface area contributed by atoms with Gasteiger partial charge in [0.05, 0.1) is 11.0 Å². The third-order valence-electron chi connectivity index (χ3n) is 6.37. The van der Waals surface area contributed by atoms with Gasteiger partial charge in [0.1, 0.15) is 0 Å². The smallest absolute Gasteiger partial charge is 0.289 e. The molecule has 1 N–H and O–H groups in total. The molecular formula is C24H19NO2. The standard InChI is InChI=1S/C24H19NO2/c1-23-19-15-9-8-14-18(19)20(16-10-4-2-5-11-16)24(23,25-22(27)21(23)26)17-12-6-3-7-13-17/h2-15,20H,1H3,(H,25,27). The highest BCUT2D eigenvalue weighted by atomic mass is 16.2. The molecule has 5 rings (SSSR count). The molecule has 0 aromatic heterocycles. The van der Waals surface area contributed by atoms with E-state index in [0.717, 1.165) is 22.3 Å². The summed E-state index contributed by atoms with van der Waals surface area (Å²) < 4.78 is 0. The molecule has 1 amide bonds. The largest absolute Gasteiger partial charge is 0.338 e. The van der Waals surface area contributed by atoms with Crippen molar-refractivity contribution in [1.82, 2.24) is 5.32 Å². The van der Waals surface area contributed by atoms with Gasteiger partial charge in [0, 0.05) is 5.92 Å². The van der Waals surface area contributed by atoms with E-state index in [1.54, 1.807) is 0 Å². The van der Waals surface area contributed by atoms with Crippen LogP contribution in [0.1, 0.15) is 35.1 Å². The molecule has 3 nitrogen and oxygen atoms in total. The molecule has 0 radical (unpaired) electrons. The number of carbonyl (C=O) groups excluding carboxylic acids is 2. The minimum absolute atomic E-state index is 0.141. The van der Waals surface area contributed by atoms with E-state index in [4.69, 9.17) is 0 Å². The van der Waals surface area contributed by atoms with Gasteiger partial charge in [0.15, 0.2) is 0 Å². The monoisotopic (exact) mass is 353 g/mol. The van der Waals surface area contributed by atoms with Crippen molar-refractivity contribution in [3.8, 4) is 0 Å². The lowest BCUT2D eigenvalue weighted by molar-refractivity contribution is -0.137. The molecule has 3 aromatic carbocycles. The number of benzene rings is 3. The Bertz CT molecular complexity index is 1060. The Kier molecular flexibility index (Phi) is 3.20. The Morgan fingerprint density at radius 3 is 2.07 bits per heavy atom. The van der Waals surface area contributed by atoms with Gasteiger partial charge in [-0.15, -0.1) is 0 Å². The van der Waals surface area contributed by atoms with Crippen molar-refractivity contribution >= 4 is 11.7 Å². The minimum Gasteiger partial charge on any atom is -0.338 e. The van der Waals surface area contributed by atoms with Crippen LogP contribution in [-0.4, -0.2) is 11.7 Å². The first-order valence-electron chi connectivity index (χ1n) is 9.17. The van der Waals surface area contributed by atoms with Gasteiger partial charge in [-0.25, -0.2) is 0 Å². The van der Waals surface area contributed by atoms with Crippen molar-refractivity contribution in [2.24, 2.45) is 0 Å². The van der Waals surface area contributed by atoms with Crippen LogP contribution in [-0.2, 0) is 20.5 Å². The van der Waals surface area contributed by atoms with Gasteiger partial charge in [-0.1, -0.05) is 84.9 Å². The molecule has 1 saturated heterocycles. The summed E-state index contributed by atoms with van der Waals surface area (Å²) in [5.41, 5.74) is 2.29. The van der Waals surface area contributed by atoms with Crippen LogP contribution in [0, 0.1) is 0 Å². The minimum atomic E-state index is -0.956. The molecule has 2 aliphatic rings. The van der Waals surface area contributed by atoms with E-state index in [9.17, 15) is 9.59 Å². The number of nitrogens with one attached hydrogen (secondary N) is 1. The number of amides is 1.